The van der Waals surface area contributed by atoms with E-state index in [1.54, 1.807) is 0 Å². The van der Waals surface area contributed by atoms with Crippen molar-refractivity contribution in [1.29, 1.82) is 0 Å². The standard InChI is InChI=1S/C9H13BrO3/c10-8(6-11)9(12)13-7-4-2-1-3-5-7/h6-8H,1-5H2. The fourth-order valence-corrected chi connectivity index (χ4v) is 1.58. The number of rotatable bonds is 3. The van der Waals surface area contributed by atoms with E-state index in [0.29, 0.717) is 6.29 Å². The van der Waals surface area contributed by atoms with Crippen LogP contribution in [0.1, 0.15) is 32.1 Å². The van der Waals surface area contributed by atoms with Crippen LogP contribution in [0.15, 0.2) is 0 Å². The van der Waals surface area contributed by atoms with Crippen molar-refractivity contribution in [1.82, 2.24) is 0 Å². The fraction of sp³-hybridized carbons (Fsp3) is 0.778. The molecule has 0 bridgehead atoms. The smallest absolute Gasteiger partial charge is 0.327 e. The molecule has 0 heterocycles. The van der Waals surface area contributed by atoms with Gasteiger partial charge in [-0.1, -0.05) is 22.4 Å². The quantitative estimate of drug-likeness (QED) is 0.331. The van der Waals surface area contributed by atoms with Crippen molar-refractivity contribution in [3.8, 4) is 0 Å². The van der Waals surface area contributed by atoms with Gasteiger partial charge in [0, 0.05) is 0 Å². The summed E-state index contributed by atoms with van der Waals surface area (Å²) in [5.74, 6) is -0.457. The van der Waals surface area contributed by atoms with E-state index in [0.717, 1.165) is 25.7 Å². The van der Waals surface area contributed by atoms with Gasteiger partial charge in [0.25, 0.3) is 0 Å². The summed E-state index contributed by atoms with van der Waals surface area (Å²) in [6.07, 6.45) is 5.90. The Kier molecular flexibility index (Phi) is 4.42. The third kappa shape index (κ3) is 3.46. The van der Waals surface area contributed by atoms with E-state index < -0.39 is 10.8 Å². The van der Waals surface area contributed by atoms with Gasteiger partial charge in [-0.25, -0.2) is 0 Å². The molecule has 0 aromatic carbocycles. The number of aldehydes is 1. The van der Waals surface area contributed by atoms with Crippen molar-refractivity contribution in [2.75, 3.05) is 0 Å². The van der Waals surface area contributed by atoms with Gasteiger partial charge in [-0.05, 0) is 25.7 Å². The van der Waals surface area contributed by atoms with Crippen molar-refractivity contribution in [3.63, 3.8) is 0 Å². The predicted molar refractivity (Wildman–Crippen MR) is 51.7 cm³/mol. The molecule has 1 aliphatic rings. The second kappa shape index (κ2) is 5.37. The number of esters is 1. The zero-order valence-electron chi connectivity index (χ0n) is 7.37. The molecule has 1 rings (SSSR count). The van der Waals surface area contributed by atoms with Crippen molar-refractivity contribution in [2.45, 2.75) is 43.0 Å². The molecular formula is C9H13BrO3. The van der Waals surface area contributed by atoms with Gasteiger partial charge in [0.05, 0.1) is 0 Å². The van der Waals surface area contributed by atoms with Crippen LogP contribution in [0.2, 0.25) is 0 Å². The minimum Gasteiger partial charge on any atom is -0.461 e. The van der Waals surface area contributed by atoms with Gasteiger partial charge in [-0.2, -0.15) is 0 Å². The highest BCUT2D eigenvalue weighted by atomic mass is 79.9. The van der Waals surface area contributed by atoms with E-state index in [9.17, 15) is 9.59 Å². The molecular weight excluding hydrogens is 236 g/mol. The average Bonchev–Trinajstić information content (AvgIpc) is 2.18. The lowest BCUT2D eigenvalue weighted by atomic mass is 9.98. The highest BCUT2D eigenvalue weighted by molar-refractivity contribution is 9.10. The lowest BCUT2D eigenvalue weighted by Gasteiger charge is -2.22. The Morgan fingerprint density at radius 2 is 2.00 bits per heavy atom. The Labute approximate surface area is 86.0 Å². The Morgan fingerprint density at radius 3 is 2.54 bits per heavy atom. The minimum absolute atomic E-state index is 0.0289. The van der Waals surface area contributed by atoms with E-state index in [-0.39, 0.29) is 6.10 Å². The minimum atomic E-state index is -0.797. The third-order valence-corrected chi connectivity index (χ3v) is 2.77. The second-order valence-electron chi connectivity index (χ2n) is 3.23. The number of alkyl halides is 1. The molecule has 0 aliphatic heterocycles. The maximum absolute atomic E-state index is 11.1. The fourth-order valence-electron chi connectivity index (χ4n) is 1.47. The molecule has 1 atom stereocenters. The van der Waals surface area contributed by atoms with Gasteiger partial charge in [0.2, 0.25) is 0 Å². The molecule has 1 unspecified atom stereocenters. The van der Waals surface area contributed by atoms with Crippen LogP contribution >= 0.6 is 15.9 Å². The summed E-state index contributed by atoms with van der Waals surface area (Å²) in [5, 5.41) is 0. The summed E-state index contributed by atoms with van der Waals surface area (Å²) in [6.45, 7) is 0. The molecule has 1 saturated carbocycles. The first kappa shape index (κ1) is 10.7. The van der Waals surface area contributed by atoms with Gasteiger partial charge in [0.15, 0.2) is 4.83 Å². The molecule has 3 nitrogen and oxygen atoms in total. The van der Waals surface area contributed by atoms with Gasteiger partial charge < -0.3 is 9.53 Å². The van der Waals surface area contributed by atoms with E-state index in [2.05, 4.69) is 15.9 Å². The number of hydrogen-bond acceptors (Lipinski definition) is 3. The van der Waals surface area contributed by atoms with E-state index in [1.165, 1.54) is 6.42 Å². The molecule has 4 heteroatoms. The summed E-state index contributed by atoms with van der Waals surface area (Å²) in [5.41, 5.74) is 0. The van der Waals surface area contributed by atoms with Crippen LogP contribution in [-0.4, -0.2) is 23.2 Å². The highest BCUT2D eigenvalue weighted by Gasteiger charge is 2.21. The number of hydrogen-bond donors (Lipinski definition) is 0. The number of ether oxygens (including phenoxy) is 1. The molecule has 1 fully saturated rings. The van der Waals surface area contributed by atoms with Gasteiger partial charge in [-0.15, -0.1) is 0 Å². The average molecular weight is 249 g/mol. The summed E-state index contributed by atoms with van der Waals surface area (Å²) in [6, 6.07) is 0. The van der Waals surface area contributed by atoms with E-state index >= 15 is 0 Å². The maximum atomic E-state index is 11.1. The Morgan fingerprint density at radius 1 is 1.38 bits per heavy atom. The summed E-state index contributed by atoms with van der Waals surface area (Å²) < 4.78 is 5.13. The first-order valence-corrected chi connectivity index (χ1v) is 5.45. The zero-order valence-corrected chi connectivity index (χ0v) is 8.96. The Balaban J connectivity index is 2.29. The molecule has 0 saturated heterocycles. The van der Waals surface area contributed by atoms with Crippen LogP contribution < -0.4 is 0 Å². The van der Waals surface area contributed by atoms with Crippen LogP contribution in [0, 0.1) is 0 Å². The molecule has 0 spiro atoms. The number of halogens is 1. The lowest BCUT2D eigenvalue weighted by molar-refractivity contribution is -0.150. The lowest BCUT2D eigenvalue weighted by Crippen LogP contribution is -2.26. The third-order valence-electron chi connectivity index (χ3n) is 2.18. The normalized spacial score (nSPS) is 20.7. The SMILES string of the molecule is O=CC(Br)C(=O)OC1CCCCC1. The van der Waals surface area contributed by atoms with Gasteiger partial charge in [0.1, 0.15) is 12.4 Å². The van der Waals surface area contributed by atoms with Gasteiger partial charge in [-0.3, -0.25) is 4.79 Å². The number of carbonyl (C=O) groups excluding carboxylic acids is 2. The highest BCUT2D eigenvalue weighted by Crippen LogP contribution is 2.21. The van der Waals surface area contributed by atoms with Crippen molar-refractivity contribution >= 4 is 28.2 Å². The molecule has 1 aliphatic carbocycles. The first-order valence-electron chi connectivity index (χ1n) is 4.54. The van der Waals surface area contributed by atoms with Crippen LogP contribution in [-0.2, 0) is 14.3 Å². The Hall–Kier alpha value is -0.380. The molecule has 0 N–H and O–H groups in total. The predicted octanol–water partition coefficient (Wildman–Crippen LogP) is 1.82. The molecule has 74 valence electrons. The number of carbonyl (C=O) groups is 2. The van der Waals surface area contributed by atoms with Crippen LogP contribution in [0.5, 0.6) is 0 Å². The summed E-state index contributed by atoms with van der Waals surface area (Å²) in [7, 11) is 0. The van der Waals surface area contributed by atoms with Crippen LogP contribution in [0.4, 0.5) is 0 Å². The van der Waals surface area contributed by atoms with Crippen LogP contribution in [0.25, 0.3) is 0 Å². The summed E-state index contributed by atoms with van der Waals surface area (Å²) >= 11 is 2.93. The topological polar surface area (TPSA) is 43.4 Å². The van der Waals surface area contributed by atoms with Crippen LogP contribution in [0.3, 0.4) is 0 Å². The van der Waals surface area contributed by atoms with E-state index in [1.807, 2.05) is 0 Å². The van der Waals surface area contributed by atoms with Gasteiger partial charge >= 0.3 is 5.97 Å². The van der Waals surface area contributed by atoms with Crippen molar-refractivity contribution in [2.24, 2.45) is 0 Å². The monoisotopic (exact) mass is 248 g/mol. The molecule has 0 amide bonds. The summed E-state index contributed by atoms with van der Waals surface area (Å²) in [4.78, 5) is 20.6. The molecule has 13 heavy (non-hydrogen) atoms. The molecule has 0 aromatic heterocycles. The van der Waals surface area contributed by atoms with E-state index in [4.69, 9.17) is 4.74 Å². The maximum Gasteiger partial charge on any atom is 0.327 e. The largest absolute Gasteiger partial charge is 0.461 e. The second-order valence-corrected chi connectivity index (χ2v) is 4.22. The van der Waals surface area contributed by atoms with Crippen molar-refractivity contribution in [3.05, 3.63) is 0 Å². The molecule has 0 aromatic rings. The van der Waals surface area contributed by atoms with Crippen molar-refractivity contribution < 1.29 is 14.3 Å². The molecule has 0 radical (unpaired) electrons. The Bertz CT molecular complexity index is 187. The first-order chi connectivity index (χ1) is 6.24. The zero-order chi connectivity index (χ0) is 9.68.